The summed E-state index contributed by atoms with van der Waals surface area (Å²) in [6, 6.07) is 1.26. The van der Waals surface area contributed by atoms with Gasteiger partial charge in [0.1, 0.15) is 4.90 Å². The van der Waals surface area contributed by atoms with Crippen LogP contribution in [0.15, 0.2) is 16.3 Å². The summed E-state index contributed by atoms with van der Waals surface area (Å²) in [5.41, 5.74) is 0. The minimum absolute atomic E-state index is 0.211. The Morgan fingerprint density at radius 1 is 1.60 bits per heavy atom. The second-order valence-electron chi connectivity index (χ2n) is 1.78. The zero-order chi connectivity index (χ0) is 7.78. The monoisotopic (exact) mass is 180 g/mol. The highest BCUT2D eigenvalue weighted by Gasteiger charge is 2.14. The van der Waals surface area contributed by atoms with E-state index >= 15 is 0 Å². The van der Waals surface area contributed by atoms with Gasteiger partial charge in [-0.1, -0.05) is 0 Å². The highest BCUT2D eigenvalue weighted by atomic mass is 32.3. The topological polar surface area (TPSA) is 34.1 Å². The first-order chi connectivity index (χ1) is 4.52. The van der Waals surface area contributed by atoms with Gasteiger partial charge < -0.3 is 0 Å². The normalized spacial score (nSPS) is 11.8. The van der Waals surface area contributed by atoms with Gasteiger partial charge in [0.25, 0.3) is 0 Å². The van der Waals surface area contributed by atoms with Gasteiger partial charge in [0, 0.05) is 4.88 Å². The molecule has 1 aromatic rings. The summed E-state index contributed by atoms with van der Waals surface area (Å²) in [6.45, 7) is 1.57. The van der Waals surface area contributed by atoms with Crippen molar-refractivity contribution in [2.24, 2.45) is 0 Å². The van der Waals surface area contributed by atoms with E-state index in [2.05, 4.69) is 0 Å². The number of aryl methyl sites for hydroxylation is 1. The van der Waals surface area contributed by atoms with E-state index in [1.807, 2.05) is 0 Å². The second kappa shape index (κ2) is 2.32. The van der Waals surface area contributed by atoms with Gasteiger partial charge >= 0.3 is 10.2 Å². The third kappa shape index (κ3) is 1.35. The molecule has 0 fully saturated rings. The number of hydrogen-bond donors (Lipinski definition) is 0. The maximum atomic E-state index is 12.2. The predicted molar refractivity (Wildman–Crippen MR) is 37.3 cm³/mol. The highest BCUT2D eigenvalue weighted by molar-refractivity contribution is 7.86. The fourth-order valence-electron chi connectivity index (χ4n) is 0.626. The molecule has 0 saturated carbocycles. The first-order valence-electron chi connectivity index (χ1n) is 2.50. The van der Waals surface area contributed by atoms with Gasteiger partial charge in [-0.15, -0.1) is 15.2 Å². The molecular weight excluding hydrogens is 175 g/mol. The maximum absolute atomic E-state index is 12.2. The van der Waals surface area contributed by atoms with Crippen molar-refractivity contribution in [2.45, 2.75) is 11.8 Å². The molecule has 0 aliphatic heterocycles. The summed E-state index contributed by atoms with van der Waals surface area (Å²) in [7, 11) is -4.48. The van der Waals surface area contributed by atoms with Crippen molar-refractivity contribution >= 4 is 21.6 Å². The Morgan fingerprint density at radius 2 is 2.20 bits per heavy atom. The van der Waals surface area contributed by atoms with Crippen LogP contribution in [0.2, 0.25) is 0 Å². The lowest BCUT2D eigenvalue weighted by molar-refractivity contribution is 0.552. The van der Waals surface area contributed by atoms with Gasteiger partial charge in [-0.2, -0.15) is 8.42 Å². The summed E-state index contributed by atoms with van der Waals surface area (Å²) in [5.74, 6) is 0. The lowest BCUT2D eigenvalue weighted by Gasteiger charge is -1.88. The van der Waals surface area contributed by atoms with Crippen LogP contribution in [0.3, 0.4) is 0 Å². The average Bonchev–Trinajstić information content (AvgIpc) is 2.11. The zero-order valence-corrected chi connectivity index (χ0v) is 6.80. The Labute approximate surface area is 62.5 Å². The van der Waals surface area contributed by atoms with Crippen molar-refractivity contribution in [2.75, 3.05) is 0 Å². The molecule has 0 atom stereocenters. The minimum atomic E-state index is -4.48. The molecule has 2 nitrogen and oxygen atoms in total. The number of thiophene rings is 1. The minimum Gasteiger partial charge on any atom is -0.189 e. The molecule has 0 aliphatic rings. The van der Waals surface area contributed by atoms with Crippen LogP contribution >= 0.6 is 11.3 Å². The van der Waals surface area contributed by atoms with Crippen molar-refractivity contribution in [3.63, 3.8) is 0 Å². The Kier molecular flexibility index (Phi) is 1.78. The van der Waals surface area contributed by atoms with E-state index in [4.69, 9.17) is 0 Å². The molecule has 0 amide bonds. The molecule has 1 aromatic heterocycles. The molecule has 0 bridgehead atoms. The van der Waals surface area contributed by atoms with E-state index in [1.165, 1.54) is 17.4 Å². The maximum Gasteiger partial charge on any atom is 0.333 e. The Morgan fingerprint density at radius 3 is 2.40 bits per heavy atom. The van der Waals surface area contributed by atoms with Crippen LogP contribution in [0.5, 0.6) is 0 Å². The second-order valence-corrected chi connectivity index (χ2v) is 4.21. The van der Waals surface area contributed by atoms with Crippen LogP contribution in [0.4, 0.5) is 3.89 Å². The molecule has 0 unspecified atom stereocenters. The van der Waals surface area contributed by atoms with Gasteiger partial charge in [0.05, 0.1) is 0 Å². The Balaban J connectivity index is 3.32. The van der Waals surface area contributed by atoms with E-state index in [0.717, 1.165) is 0 Å². The van der Waals surface area contributed by atoms with Crippen molar-refractivity contribution < 1.29 is 12.3 Å². The van der Waals surface area contributed by atoms with Crippen molar-refractivity contribution in [3.05, 3.63) is 16.3 Å². The molecule has 0 N–H and O–H groups in total. The largest absolute Gasteiger partial charge is 0.333 e. The molecule has 5 heteroatoms. The van der Waals surface area contributed by atoms with Crippen LogP contribution in [0.1, 0.15) is 4.88 Å². The van der Waals surface area contributed by atoms with E-state index in [1.54, 1.807) is 12.3 Å². The van der Waals surface area contributed by atoms with E-state index in [0.29, 0.717) is 4.88 Å². The fraction of sp³-hybridized carbons (Fsp3) is 0.200. The summed E-state index contributed by atoms with van der Waals surface area (Å²) >= 11 is 1.21. The van der Waals surface area contributed by atoms with Crippen LogP contribution in [0, 0.1) is 6.92 Å². The Hall–Kier alpha value is -0.420. The first kappa shape index (κ1) is 7.68. The third-order valence-corrected chi connectivity index (χ3v) is 3.02. The quantitative estimate of drug-likeness (QED) is 0.616. The molecular formula is C5H5FO2S2. The van der Waals surface area contributed by atoms with Crippen LogP contribution in [-0.2, 0) is 10.2 Å². The van der Waals surface area contributed by atoms with Gasteiger partial charge in [-0.25, -0.2) is 0 Å². The number of hydrogen-bond acceptors (Lipinski definition) is 3. The third-order valence-electron chi connectivity index (χ3n) is 1.07. The molecule has 0 spiro atoms. The summed E-state index contributed by atoms with van der Waals surface area (Å²) in [4.78, 5) is 0.278. The number of halogens is 1. The standard InChI is InChI=1S/C5H5FO2S2/c1-4-5(2-3-9-4)10(6,7)8/h2-3H,1H3. The molecule has 1 rings (SSSR count). The van der Waals surface area contributed by atoms with Crippen molar-refractivity contribution in [1.82, 2.24) is 0 Å². The van der Waals surface area contributed by atoms with Crippen molar-refractivity contribution in [3.8, 4) is 0 Å². The lowest BCUT2D eigenvalue weighted by atomic mass is 10.5. The van der Waals surface area contributed by atoms with Gasteiger partial charge in [0.2, 0.25) is 0 Å². The smallest absolute Gasteiger partial charge is 0.189 e. The van der Waals surface area contributed by atoms with Gasteiger partial charge in [-0.05, 0) is 18.4 Å². The molecule has 0 radical (unpaired) electrons. The van der Waals surface area contributed by atoms with Crippen molar-refractivity contribution in [1.29, 1.82) is 0 Å². The zero-order valence-electron chi connectivity index (χ0n) is 5.17. The highest BCUT2D eigenvalue weighted by Crippen LogP contribution is 2.21. The van der Waals surface area contributed by atoms with E-state index < -0.39 is 10.2 Å². The number of rotatable bonds is 1. The lowest BCUT2D eigenvalue weighted by Crippen LogP contribution is -1.89. The van der Waals surface area contributed by atoms with Gasteiger partial charge in [-0.3, -0.25) is 0 Å². The van der Waals surface area contributed by atoms with E-state index in [9.17, 15) is 12.3 Å². The fourth-order valence-corrected chi connectivity index (χ4v) is 2.32. The SMILES string of the molecule is Cc1sccc1S(=O)(=O)F. The van der Waals surface area contributed by atoms with E-state index in [-0.39, 0.29) is 4.90 Å². The van der Waals surface area contributed by atoms with Crippen LogP contribution in [-0.4, -0.2) is 8.42 Å². The molecule has 10 heavy (non-hydrogen) atoms. The first-order valence-corrected chi connectivity index (χ1v) is 4.77. The molecule has 0 aromatic carbocycles. The summed E-state index contributed by atoms with van der Waals surface area (Å²) in [6.07, 6.45) is 0. The van der Waals surface area contributed by atoms with Crippen LogP contribution < -0.4 is 0 Å². The molecule has 0 aliphatic carbocycles. The molecule has 0 saturated heterocycles. The Bertz CT molecular complexity index is 325. The molecule has 56 valence electrons. The van der Waals surface area contributed by atoms with Crippen LogP contribution in [0.25, 0.3) is 0 Å². The summed E-state index contributed by atoms with van der Waals surface area (Å²) in [5, 5.41) is 1.54. The van der Waals surface area contributed by atoms with Gasteiger partial charge in [0.15, 0.2) is 0 Å². The average molecular weight is 180 g/mol. The predicted octanol–water partition coefficient (Wildman–Crippen LogP) is 1.71. The summed E-state index contributed by atoms with van der Waals surface area (Å²) < 4.78 is 32.7. The molecule has 1 heterocycles.